The molecular formula is C13H19NO4. The van der Waals surface area contributed by atoms with Crippen LogP contribution in [-0.4, -0.2) is 51.7 Å². The zero-order valence-electron chi connectivity index (χ0n) is 10.8. The molecule has 0 amide bonds. The van der Waals surface area contributed by atoms with Crippen LogP contribution in [0.2, 0.25) is 0 Å². The Morgan fingerprint density at radius 1 is 1.33 bits per heavy atom. The number of hydrogen-bond acceptors (Lipinski definition) is 5. The molecule has 2 rings (SSSR count). The zero-order valence-corrected chi connectivity index (χ0v) is 10.8. The standard InChI is InChI=1S/C13H19NO4/c1-16-12-4-3-10(7-13(12)17-2)14-5-6-18-9-11(14)8-15/h3-4,7,11,15H,5-6,8-9H2,1-2H3. The average molecular weight is 253 g/mol. The van der Waals surface area contributed by atoms with Gasteiger partial charge in [0.2, 0.25) is 0 Å². The predicted molar refractivity (Wildman–Crippen MR) is 68.6 cm³/mol. The van der Waals surface area contributed by atoms with Crippen molar-refractivity contribution in [1.82, 2.24) is 0 Å². The molecule has 18 heavy (non-hydrogen) atoms. The molecule has 0 saturated carbocycles. The number of benzene rings is 1. The Morgan fingerprint density at radius 2 is 2.11 bits per heavy atom. The molecule has 1 fully saturated rings. The molecule has 100 valence electrons. The molecule has 1 atom stereocenters. The van der Waals surface area contributed by atoms with Crippen molar-refractivity contribution in [3.8, 4) is 11.5 Å². The number of aliphatic hydroxyl groups is 1. The van der Waals surface area contributed by atoms with Gasteiger partial charge in [-0.05, 0) is 12.1 Å². The van der Waals surface area contributed by atoms with Crippen molar-refractivity contribution >= 4 is 5.69 Å². The van der Waals surface area contributed by atoms with Gasteiger partial charge in [0.05, 0.1) is 40.1 Å². The smallest absolute Gasteiger partial charge is 0.162 e. The quantitative estimate of drug-likeness (QED) is 0.864. The maximum Gasteiger partial charge on any atom is 0.162 e. The Kier molecular flexibility index (Phi) is 4.28. The first-order valence-electron chi connectivity index (χ1n) is 5.97. The predicted octanol–water partition coefficient (Wildman–Crippen LogP) is 0.901. The molecule has 1 aromatic rings. The molecule has 1 N–H and O–H groups in total. The van der Waals surface area contributed by atoms with Gasteiger partial charge < -0.3 is 24.2 Å². The number of anilines is 1. The summed E-state index contributed by atoms with van der Waals surface area (Å²) in [4.78, 5) is 2.13. The van der Waals surface area contributed by atoms with Gasteiger partial charge in [-0.15, -0.1) is 0 Å². The Balaban J connectivity index is 2.26. The lowest BCUT2D eigenvalue weighted by Gasteiger charge is -2.36. The number of methoxy groups -OCH3 is 2. The van der Waals surface area contributed by atoms with E-state index in [4.69, 9.17) is 14.2 Å². The fraction of sp³-hybridized carbons (Fsp3) is 0.538. The highest BCUT2D eigenvalue weighted by Gasteiger charge is 2.23. The summed E-state index contributed by atoms with van der Waals surface area (Å²) in [7, 11) is 3.23. The van der Waals surface area contributed by atoms with E-state index < -0.39 is 0 Å². The van der Waals surface area contributed by atoms with Crippen LogP contribution < -0.4 is 14.4 Å². The number of morpholine rings is 1. The second kappa shape index (κ2) is 5.93. The van der Waals surface area contributed by atoms with Crippen LogP contribution >= 0.6 is 0 Å². The van der Waals surface area contributed by atoms with Crippen LogP contribution in [0.3, 0.4) is 0 Å². The first-order valence-corrected chi connectivity index (χ1v) is 5.97. The molecule has 0 aromatic heterocycles. The Hall–Kier alpha value is -1.46. The Bertz CT molecular complexity index is 397. The molecular weight excluding hydrogens is 234 g/mol. The molecule has 1 heterocycles. The van der Waals surface area contributed by atoms with Gasteiger partial charge in [-0.3, -0.25) is 0 Å². The molecule has 1 aliphatic rings. The Morgan fingerprint density at radius 3 is 2.78 bits per heavy atom. The first kappa shape index (κ1) is 13.0. The molecule has 5 nitrogen and oxygen atoms in total. The monoisotopic (exact) mass is 253 g/mol. The van der Waals surface area contributed by atoms with Gasteiger partial charge in [-0.25, -0.2) is 0 Å². The zero-order chi connectivity index (χ0) is 13.0. The SMILES string of the molecule is COc1ccc(N2CCOCC2CO)cc1OC. The molecule has 1 unspecified atom stereocenters. The number of ether oxygens (including phenoxy) is 3. The van der Waals surface area contributed by atoms with Gasteiger partial charge in [0.25, 0.3) is 0 Å². The van der Waals surface area contributed by atoms with Crippen LogP contribution in [0.4, 0.5) is 5.69 Å². The summed E-state index contributed by atoms with van der Waals surface area (Å²) in [6, 6.07) is 5.76. The molecule has 1 aromatic carbocycles. The minimum atomic E-state index is -0.00292. The minimum Gasteiger partial charge on any atom is -0.493 e. The lowest BCUT2D eigenvalue weighted by molar-refractivity contribution is 0.0727. The second-order valence-corrected chi connectivity index (χ2v) is 4.14. The highest BCUT2D eigenvalue weighted by atomic mass is 16.5. The summed E-state index contributed by atoms with van der Waals surface area (Å²) >= 11 is 0. The fourth-order valence-electron chi connectivity index (χ4n) is 2.15. The third-order valence-corrected chi connectivity index (χ3v) is 3.14. The normalized spacial score (nSPS) is 19.7. The van der Waals surface area contributed by atoms with Crippen LogP contribution in [0.15, 0.2) is 18.2 Å². The number of hydrogen-bond donors (Lipinski definition) is 1. The van der Waals surface area contributed by atoms with E-state index in [9.17, 15) is 5.11 Å². The van der Waals surface area contributed by atoms with E-state index in [2.05, 4.69) is 4.90 Å². The Labute approximate surface area is 107 Å². The molecule has 0 bridgehead atoms. The largest absolute Gasteiger partial charge is 0.493 e. The number of nitrogens with zero attached hydrogens (tertiary/aromatic N) is 1. The van der Waals surface area contributed by atoms with E-state index in [0.29, 0.717) is 24.7 Å². The third kappa shape index (κ3) is 2.52. The van der Waals surface area contributed by atoms with Gasteiger partial charge in [0.1, 0.15) is 0 Å². The number of rotatable bonds is 4. The van der Waals surface area contributed by atoms with Crippen molar-refractivity contribution in [2.75, 3.05) is 45.5 Å². The average Bonchev–Trinajstić information content (AvgIpc) is 2.46. The molecule has 1 aliphatic heterocycles. The van der Waals surface area contributed by atoms with Gasteiger partial charge in [0, 0.05) is 18.3 Å². The fourth-order valence-corrected chi connectivity index (χ4v) is 2.15. The van der Waals surface area contributed by atoms with Gasteiger partial charge in [-0.1, -0.05) is 0 Å². The van der Waals surface area contributed by atoms with Crippen LogP contribution in [0, 0.1) is 0 Å². The summed E-state index contributed by atoms with van der Waals surface area (Å²) in [5, 5.41) is 9.37. The van der Waals surface area contributed by atoms with Crippen molar-refractivity contribution in [2.24, 2.45) is 0 Å². The highest BCUT2D eigenvalue weighted by molar-refractivity contribution is 5.57. The van der Waals surface area contributed by atoms with Crippen LogP contribution in [0.5, 0.6) is 11.5 Å². The number of aliphatic hydroxyl groups excluding tert-OH is 1. The third-order valence-electron chi connectivity index (χ3n) is 3.14. The summed E-state index contributed by atoms with van der Waals surface area (Å²) in [5.74, 6) is 1.40. The molecule has 0 radical (unpaired) electrons. The van der Waals surface area contributed by atoms with E-state index in [1.54, 1.807) is 14.2 Å². The lowest BCUT2D eigenvalue weighted by Crippen LogP contribution is -2.47. The van der Waals surface area contributed by atoms with Crippen molar-refractivity contribution < 1.29 is 19.3 Å². The van der Waals surface area contributed by atoms with Gasteiger partial charge in [-0.2, -0.15) is 0 Å². The second-order valence-electron chi connectivity index (χ2n) is 4.14. The van der Waals surface area contributed by atoms with Crippen molar-refractivity contribution in [2.45, 2.75) is 6.04 Å². The maximum absolute atomic E-state index is 9.37. The van der Waals surface area contributed by atoms with Gasteiger partial charge in [0.15, 0.2) is 11.5 Å². The lowest BCUT2D eigenvalue weighted by atomic mass is 10.2. The molecule has 1 saturated heterocycles. The van der Waals surface area contributed by atoms with Crippen LogP contribution in [0.1, 0.15) is 0 Å². The van der Waals surface area contributed by atoms with E-state index in [-0.39, 0.29) is 12.6 Å². The summed E-state index contributed by atoms with van der Waals surface area (Å²) in [5.41, 5.74) is 1.01. The van der Waals surface area contributed by atoms with E-state index in [1.165, 1.54) is 0 Å². The maximum atomic E-state index is 9.37. The molecule has 0 aliphatic carbocycles. The van der Waals surface area contributed by atoms with E-state index >= 15 is 0 Å². The summed E-state index contributed by atoms with van der Waals surface area (Å²) in [6.45, 7) is 2.06. The van der Waals surface area contributed by atoms with Gasteiger partial charge >= 0.3 is 0 Å². The minimum absolute atomic E-state index is 0.00292. The van der Waals surface area contributed by atoms with Crippen molar-refractivity contribution in [1.29, 1.82) is 0 Å². The summed E-state index contributed by atoms with van der Waals surface area (Å²) < 4.78 is 15.9. The van der Waals surface area contributed by atoms with E-state index in [0.717, 1.165) is 12.2 Å². The van der Waals surface area contributed by atoms with Crippen molar-refractivity contribution in [3.05, 3.63) is 18.2 Å². The topological polar surface area (TPSA) is 51.2 Å². The van der Waals surface area contributed by atoms with Crippen LogP contribution in [-0.2, 0) is 4.74 Å². The van der Waals surface area contributed by atoms with Crippen molar-refractivity contribution in [3.63, 3.8) is 0 Å². The van der Waals surface area contributed by atoms with E-state index in [1.807, 2.05) is 18.2 Å². The summed E-state index contributed by atoms with van der Waals surface area (Å²) in [6.07, 6.45) is 0. The van der Waals surface area contributed by atoms with Crippen LogP contribution in [0.25, 0.3) is 0 Å². The first-order chi connectivity index (χ1) is 8.80. The molecule has 5 heteroatoms. The highest BCUT2D eigenvalue weighted by Crippen LogP contribution is 2.32. The molecule has 0 spiro atoms.